The highest BCUT2D eigenvalue weighted by molar-refractivity contribution is 5.83. The molecular formula is C19H18O. The van der Waals surface area contributed by atoms with Crippen molar-refractivity contribution in [2.24, 2.45) is 0 Å². The zero-order valence-electron chi connectivity index (χ0n) is 11.8. The van der Waals surface area contributed by atoms with Crippen LogP contribution in [-0.2, 0) is 5.60 Å². The predicted octanol–water partition coefficient (Wildman–Crippen LogP) is 4.40. The summed E-state index contributed by atoms with van der Waals surface area (Å²) in [4.78, 5) is 0. The fourth-order valence-corrected chi connectivity index (χ4v) is 2.54. The van der Waals surface area contributed by atoms with Crippen LogP contribution in [0.15, 0.2) is 66.7 Å². The fraction of sp³-hybridized carbons (Fsp3) is 0.158. The highest BCUT2D eigenvalue weighted by Crippen LogP contribution is 2.31. The Morgan fingerprint density at radius 1 is 0.750 bits per heavy atom. The molecule has 0 spiro atoms. The highest BCUT2D eigenvalue weighted by Gasteiger charge is 2.25. The van der Waals surface area contributed by atoms with E-state index in [1.54, 1.807) is 0 Å². The van der Waals surface area contributed by atoms with Crippen LogP contribution in [0.3, 0.4) is 0 Å². The molecule has 0 aliphatic carbocycles. The molecule has 20 heavy (non-hydrogen) atoms. The Kier molecular flexibility index (Phi) is 3.07. The minimum atomic E-state index is -0.974. The molecule has 0 saturated heterocycles. The van der Waals surface area contributed by atoms with E-state index in [0.717, 1.165) is 16.5 Å². The van der Waals surface area contributed by atoms with Gasteiger partial charge in [-0.1, -0.05) is 66.2 Å². The average Bonchev–Trinajstić information content (AvgIpc) is 2.47. The highest BCUT2D eigenvalue weighted by atomic mass is 16.3. The molecule has 100 valence electrons. The van der Waals surface area contributed by atoms with Crippen LogP contribution in [0.25, 0.3) is 10.8 Å². The molecule has 1 nitrogen and oxygen atoms in total. The molecule has 1 atom stereocenters. The van der Waals surface area contributed by atoms with Crippen molar-refractivity contribution in [3.8, 4) is 0 Å². The Hall–Kier alpha value is -2.12. The van der Waals surface area contributed by atoms with Crippen LogP contribution in [0.2, 0.25) is 0 Å². The number of aryl methyl sites for hydroxylation is 1. The summed E-state index contributed by atoms with van der Waals surface area (Å²) in [6.07, 6.45) is 0. The van der Waals surface area contributed by atoms with E-state index in [1.165, 1.54) is 10.9 Å². The van der Waals surface area contributed by atoms with Crippen molar-refractivity contribution in [1.82, 2.24) is 0 Å². The molecular weight excluding hydrogens is 244 g/mol. The molecule has 0 aliphatic heterocycles. The zero-order valence-corrected chi connectivity index (χ0v) is 11.8. The van der Waals surface area contributed by atoms with Gasteiger partial charge in [0.2, 0.25) is 0 Å². The number of fused-ring (bicyclic) bond motifs is 1. The van der Waals surface area contributed by atoms with E-state index in [4.69, 9.17) is 0 Å². The van der Waals surface area contributed by atoms with Gasteiger partial charge in [-0.2, -0.15) is 0 Å². The van der Waals surface area contributed by atoms with Crippen LogP contribution in [0, 0.1) is 6.92 Å². The smallest absolute Gasteiger partial charge is 0.112 e. The SMILES string of the molecule is Cc1ccc([C@@](C)(O)c2ccc3ccccc3c2)cc1. The quantitative estimate of drug-likeness (QED) is 0.725. The van der Waals surface area contributed by atoms with Gasteiger partial charge in [0.25, 0.3) is 0 Å². The van der Waals surface area contributed by atoms with Crippen molar-refractivity contribution in [2.45, 2.75) is 19.4 Å². The minimum absolute atomic E-state index is 0.915. The first-order valence-electron chi connectivity index (χ1n) is 6.86. The van der Waals surface area contributed by atoms with Crippen molar-refractivity contribution < 1.29 is 5.11 Å². The lowest BCUT2D eigenvalue weighted by Crippen LogP contribution is -2.22. The molecule has 0 bridgehead atoms. The number of hydrogen-bond acceptors (Lipinski definition) is 1. The maximum atomic E-state index is 10.9. The number of hydrogen-bond donors (Lipinski definition) is 1. The van der Waals surface area contributed by atoms with Crippen molar-refractivity contribution in [2.75, 3.05) is 0 Å². The summed E-state index contributed by atoms with van der Waals surface area (Å²) in [5.74, 6) is 0. The van der Waals surface area contributed by atoms with Gasteiger partial charge in [-0.25, -0.2) is 0 Å². The van der Waals surface area contributed by atoms with E-state index in [-0.39, 0.29) is 0 Å². The normalized spacial score (nSPS) is 14.2. The van der Waals surface area contributed by atoms with Crippen LogP contribution < -0.4 is 0 Å². The van der Waals surface area contributed by atoms with Crippen molar-refractivity contribution in [3.63, 3.8) is 0 Å². The summed E-state index contributed by atoms with van der Waals surface area (Å²) in [5.41, 5.74) is 2.05. The monoisotopic (exact) mass is 262 g/mol. The van der Waals surface area contributed by atoms with E-state index in [0.29, 0.717) is 0 Å². The molecule has 0 heterocycles. The molecule has 1 heteroatoms. The molecule has 3 aromatic carbocycles. The summed E-state index contributed by atoms with van der Waals surface area (Å²) in [7, 11) is 0. The summed E-state index contributed by atoms with van der Waals surface area (Å²) < 4.78 is 0. The first-order chi connectivity index (χ1) is 9.57. The third-order valence-electron chi connectivity index (χ3n) is 3.93. The maximum Gasteiger partial charge on any atom is 0.112 e. The van der Waals surface area contributed by atoms with Gasteiger partial charge in [-0.15, -0.1) is 0 Å². The Bertz CT molecular complexity index is 739. The first-order valence-corrected chi connectivity index (χ1v) is 6.86. The second-order valence-electron chi connectivity index (χ2n) is 5.50. The van der Waals surface area contributed by atoms with E-state index in [2.05, 4.69) is 31.2 Å². The standard InChI is InChI=1S/C19H18O/c1-14-7-10-17(11-8-14)19(2,20)18-12-9-15-5-3-4-6-16(15)13-18/h3-13,20H,1-2H3/t19-/m1/s1. The largest absolute Gasteiger partial charge is 0.381 e. The van der Waals surface area contributed by atoms with E-state index < -0.39 is 5.60 Å². The van der Waals surface area contributed by atoms with Gasteiger partial charge in [0.1, 0.15) is 5.60 Å². The Labute approximate surface area is 119 Å². The third-order valence-corrected chi connectivity index (χ3v) is 3.93. The zero-order chi connectivity index (χ0) is 14.2. The van der Waals surface area contributed by atoms with E-state index in [1.807, 2.05) is 49.4 Å². The predicted molar refractivity (Wildman–Crippen MR) is 83.8 cm³/mol. The molecule has 3 aromatic rings. The molecule has 0 fully saturated rings. The molecule has 1 N–H and O–H groups in total. The van der Waals surface area contributed by atoms with Crippen LogP contribution >= 0.6 is 0 Å². The van der Waals surface area contributed by atoms with Gasteiger partial charge < -0.3 is 5.11 Å². The molecule has 0 radical (unpaired) electrons. The summed E-state index contributed by atoms with van der Waals surface area (Å²) in [6, 6.07) is 22.4. The molecule has 0 amide bonds. The first kappa shape index (κ1) is 12.9. The fourth-order valence-electron chi connectivity index (χ4n) is 2.54. The Morgan fingerprint density at radius 2 is 1.35 bits per heavy atom. The van der Waals surface area contributed by atoms with Crippen molar-refractivity contribution >= 4 is 10.8 Å². The lowest BCUT2D eigenvalue weighted by atomic mass is 9.87. The van der Waals surface area contributed by atoms with Crippen LogP contribution in [0.5, 0.6) is 0 Å². The molecule has 0 aromatic heterocycles. The van der Waals surface area contributed by atoms with E-state index in [9.17, 15) is 5.11 Å². The summed E-state index contributed by atoms with van der Waals surface area (Å²) >= 11 is 0. The van der Waals surface area contributed by atoms with Crippen molar-refractivity contribution in [3.05, 3.63) is 83.4 Å². The topological polar surface area (TPSA) is 20.2 Å². The lowest BCUT2D eigenvalue weighted by Gasteiger charge is -2.25. The van der Waals surface area contributed by atoms with Gasteiger partial charge in [-0.3, -0.25) is 0 Å². The second-order valence-corrected chi connectivity index (χ2v) is 5.50. The van der Waals surface area contributed by atoms with Crippen molar-refractivity contribution in [1.29, 1.82) is 0 Å². The average molecular weight is 262 g/mol. The van der Waals surface area contributed by atoms with Gasteiger partial charge in [0.15, 0.2) is 0 Å². The molecule has 3 rings (SSSR count). The number of benzene rings is 3. The Balaban J connectivity index is 2.10. The second kappa shape index (κ2) is 4.77. The number of aliphatic hydroxyl groups is 1. The van der Waals surface area contributed by atoms with Gasteiger partial charge in [0, 0.05) is 0 Å². The Morgan fingerprint density at radius 3 is 2.05 bits per heavy atom. The summed E-state index contributed by atoms with van der Waals surface area (Å²) in [5, 5.41) is 13.2. The molecule has 0 unspecified atom stereocenters. The number of rotatable bonds is 2. The van der Waals surface area contributed by atoms with Gasteiger partial charge >= 0.3 is 0 Å². The van der Waals surface area contributed by atoms with E-state index >= 15 is 0 Å². The third kappa shape index (κ3) is 2.21. The van der Waals surface area contributed by atoms with Gasteiger partial charge in [0.05, 0.1) is 0 Å². The van der Waals surface area contributed by atoms with Crippen LogP contribution in [0.1, 0.15) is 23.6 Å². The molecule has 0 aliphatic rings. The molecule has 0 saturated carbocycles. The lowest BCUT2D eigenvalue weighted by molar-refractivity contribution is 0.102. The van der Waals surface area contributed by atoms with Crippen LogP contribution in [0.4, 0.5) is 0 Å². The van der Waals surface area contributed by atoms with Gasteiger partial charge in [-0.05, 0) is 41.8 Å². The summed E-state index contributed by atoms with van der Waals surface area (Å²) in [6.45, 7) is 3.90. The maximum absolute atomic E-state index is 10.9. The van der Waals surface area contributed by atoms with Crippen LogP contribution in [-0.4, -0.2) is 5.11 Å². The minimum Gasteiger partial charge on any atom is -0.381 e.